The van der Waals surface area contributed by atoms with Crippen molar-refractivity contribution in [2.45, 2.75) is 31.4 Å². The number of fused-ring (bicyclic) bond motifs is 2. The van der Waals surface area contributed by atoms with Crippen LogP contribution < -0.4 is 0 Å². The Balaban J connectivity index is 1.83. The average Bonchev–Trinajstić information content (AvgIpc) is 2.94. The zero-order chi connectivity index (χ0) is 9.60. The molecule has 0 radical (unpaired) electrons. The minimum absolute atomic E-state index is 0.755. The van der Waals surface area contributed by atoms with Gasteiger partial charge in [-0.1, -0.05) is 19.1 Å². The molecule has 14 heavy (non-hydrogen) atoms. The van der Waals surface area contributed by atoms with Crippen LogP contribution in [-0.4, -0.2) is 21.8 Å². The fraction of sp³-hybridized carbons (Fsp3) is 0.818. The van der Waals surface area contributed by atoms with Gasteiger partial charge < -0.3 is 8.85 Å². The van der Waals surface area contributed by atoms with Gasteiger partial charge in [-0.25, -0.2) is 0 Å². The fourth-order valence-electron chi connectivity index (χ4n) is 3.44. The van der Waals surface area contributed by atoms with Gasteiger partial charge in [0.05, 0.1) is 13.2 Å². The molecule has 0 aromatic rings. The maximum absolute atomic E-state index is 6.01. The van der Waals surface area contributed by atoms with Crippen LogP contribution in [0.25, 0.3) is 0 Å². The van der Waals surface area contributed by atoms with Gasteiger partial charge in [-0.15, -0.1) is 0 Å². The molecular weight excluding hydrogens is 192 g/mol. The van der Waals surface area contributed by atoms with E-state index in [1.807, 2.05) is 0 Å². The fourth-order valence-corrected chi connectivity index (χ4v) is 7.30. The quantitative estimate of drug-likeness (QED) is 0.515. The molecule has 3 rings (SSSR count). The van der Waals surface area contributed by atoms with Crippen LogP contribution in [0.3, 0.4) is 0 Å². The van der Waals surface area contributed by atoms with Crippen LogP contribution in [0, 0.1) is 11.8 Å². The topological polar surface area (TPSA) is 18.5 Å². The van der Waals surface area contributed by atoms with E-state index < -0.39 is 8.56 Å². The lowest BCUT2D eigenvalue weighted by atomic mass is 10.1. The molecule has 2 nitrogen and oxygen atoms in total. The SMILES string of the molecule is CC[Si]1(C2CC3C=CC2C3)OCCO1. The first-order chi connectivity index (χ1) is 6.84. The first kappa shape index (κ1) is 9.13. The summed E-state index contributed by atoms with van der Waals surface area (Å²) in [5, 5.41) is 0. The minimum atomic E-state index is -1.78. The van der Waals surface area contributed by atoms with E-state index in [-0.39, 0.29) is 0 Å². The van der Waals surface area contributed by atoms with Crippen LogP contribution in [0.5, 0.6) is 0 Å². The van der Waals surface area contributed by atoms with Crippen LogP contribution in [0.4, 0.5) is 0 Å². The molecule has 3 aliphatic rings. The van der Waals surface area contributed by atoms with Gasteiger partial charge >= 0.3 is 8.56 Å². The smallest absolute Gasteiger partial charge is 0.341 e. The highest BCUT2D eigenvalue weighted by atomic mass is 28.4. The third-order valence-electron chi connectivity index (χ3n) is 4.11. The monoisotopic (exact) mass is 210 g/mol. The molecule has 3 heteroatoms. The van der Waals surface area contributed by atoms with Gasteiger partial charge in [0.15, 0.2) is 0 Å². The lowest BCUT2D eigenvalue weighted by Gasteiger charge is -2.32. The first-order valence-corrected chi connectivity index (χ1v) is 7.90. The Morgan fingerprint density at radius 1 is 1.21 bits per heavy atom. The number of hydrogen-bond donors (Lipinski definition) is 0. The Morgan fingerprint density at radius 3 is 2.50 bits per heavy atom. The second-order valence-corrected chi connectivity index (χ2v) is 8.40. The van der Waals surface area contributed by atoms with E-state index in [1.54, 1.807) is 0 Å². The Labute approximate surface area is 86.5 Å². The summed E-state index contributed by atoms with van der Waals surface area (Å²) in [7, 11) is -1.78. The zero-order valence-electron chi connectivity index (χ0n) is 8.74. The third-order valence-corrected chi connectivity index (χ3v) is 8.28. The van der Waals surface area contributed by atoms with Crippen molar-refractivity contribution < 1.29 is 8.85 Å². The normalized spacial score (nSPS) is 43.6. The molecule has 0 amide bonds. The van der Waals surface area contributed by atoms with Crippen molar-refractivity contribution in [3.63, 3.8) is 0 Å². The van der Waals surface area contributed by atoms with Crippen LogP contribution in [-0.2, 0) is 8.85 Å². The average molecular weight is 210 g/mol. The molecule has 1 aliphatic heterocycles. The summed E-state index contributed by atoms with van der Waals surface area (Å²) >= 11 is 0. The molecule has 0 aromatic carbocycles. The van der Waals surface area contributed by atoms with Crippen LogP contribution in [0.15, 0.2) is 12.2 Å². The van der Waals surface area contributed by atoms with Crippen molar-refractivity contribution in [3.05, 3.63) is 12.2 Å². The van der Waals surface area contributed by atoms with E-state index >= 15 is 0 Å². The van der Waals surface area contributed by atoms with E-state index in [1.165, 1.54) is 12.8 Å². The van der Waals surface area contributed by atoms with Crippen LogP contribution >= 0.6 is 0 Å². The molecule has 78 valence electrons. The molecule has 3 unspecified atom stereocenters. The number of rotatable bonds is 2. The Bertz CT molecular complexity index is 258. The molecule has 3 atom stereocenters. The van der Waals surface area contributed by atoms with Gasteiger partial charge in [0.25, 0.3) is 0 Å². The zero-order valence-corrected chi connectivity index (χ0v) is 9.74. The molecule has 1 heterocycles. The van der Waals surface area contributed by atoms with E-state index in [0.717, 1.165) is 36.6 Å². The Hall–Kier alpha value is -0.123. The summed E-state index contributed by atoms with van der Waals surface area (Å²) in [6.07, 6.45) is 7.51. The molecule has 2 bridgehead atoms. The van der Waals surface area contributed by atoms with Crippen molar-refractivity contribution in [2.24, 2.45) is 11.8 Å². The maximum atomic E-state index is 6.01. The maximum Gasteiger partial charge on any atom is 0.341 e. The molecule has 0 aromatic heterocycles. The number of allylic oxidation sites excluding steroid dienone is 2. The van der Waals surface area contributed by atoms with Gasteiger partial charge in [-0.3, -0.25) is 0 Å². The third kappa shape index (κ3) is 1.16. The summed E-state index contributed by atoms with van der Waals surface area (Å²) in [5.74, 6) is 1.62. The highest BCUT2D eigenvalue weighted by Gasteiger charge is 2.54. The van der Waals surface area contributed by atoms with Crippen molar-refractivity contribution in [1.82, 2.24) is 0 Å². The lowest BCUT2D eigenvalue weighted by molar-refractivity contribution is 0.305. The van der Waals surface area contributed by atoms with E-state index in [4.69, 9.17) is 8.85 Å². The molecule has 2 aliphatic carbocycles. The van der Waals surface area contributed by atoms with E-state index in [0.29, 0.717) is 0 Å². The molecule has 0 N–H and O–H groups in total. The number of hydrogen-bond acceptors (Lipinski definition) is 2. The second kappa shape index (κ2) is 3.19. The van der Waals surface area contributed by atoms with Gasteiger partial charge in [-0.05, 0) is 30.7 Å². The van der Waals surface area contributed by atoms with E-state index in [9.17, 15) is 0 Å². The summed E-state index contributed by atoms with van der Waals surface area (Å²) in [6.45, 7) is 3.93. The van der Waals surface area contributed by atoms with E-state index in [2.05, 4.69) is 19.1 Å². The molecule has 2 fully saturated rings. The molecule has 1 saturated heterocycles. The molecule has 1 saturated carbocycles. The second-order valence-electron chi connectivity index (χ2n) is 4.75. The summed E-state index contributed by atoms with van der Waals surface area (Å²) in [5.41, 5.74) is 0.755. The van der Waals surface area contributed by atoms with Crippen molar-refractivity contribution in [3.8, 4) is 0 Å². The highest BCUT2D eigenvalue weighted by molar-refractivity contribution is 6.69. The van der Waals surface area contributed by atoms with Gasteiger partial charge in [0.1, 0.15) is 0 Å². The standard InChI is InChI=1S/C11H18O2Si/c1-2-14(12-5-6-13-14)11-8-9-3-4-10(11)7-9/h3-4,9-11H,2,5-8H2,1H3. The van der Waals surface area contributed by atoms with Crippen molar-refractivity contribution >= 4 is 8.56 Å². The molecular formula is C11H18O2Si. The summed E-state index contributed by atoms with van der Waals surface area (Å²) in [6, 6.07) is 1.13. The first-order valence-electron chi connectivity index (χ1n) is 5.80. The Kier molecular flexibility index (Phi) is 2.08. The predicted octanol–water partition coefficient (Wildman–Crippen LogP) is 2.46. The lowest BCUT2D eigenvalue weighted by Crippen LogP contribution is -2.43. The minimum Gasteiger partial charge on any atom is -0.392 e. The molecule has 0 spiro atoms. The Morgan fingerprint density at radius 2 is 2.00 bits per heavy atom. The van der Waals surface area contributed by atoms with Gasteiger partial charge in [0, 0.05) is 5.54 Å². The van der Waals surface area contributed by atoms with Gasteiger partial charge in [0.2, 0.25) is 0 Å². The predicted molar refractivity (Wildman–Crippen MR) is 57.2 cm³/mol. The highest BCUT2D eigenvalue weighted by Crippen LogP contribution is 2.53. The largest absolute Gasteiger partial charge is 0.392 e. The van der Waals surface area contributed by atoms with Crippen LogP contribution in [0.2, 0.25) is 11.6 Å². The van der Waals surface area contributed by atoms with Gasteiger partial charge in [-0.2, -0.15) is 0 Å². The van der Waals surface area contributed by atoms with Crippen LogP contribution in [0.1, 0.15) is 19.8 Å². The van der Waals surface area contributed by atoms with Crippen molar-refractivity contribution in [2.75, 3.05) is 13.2 Å². The summed E-state index contributed by atoms with van der Waals surface area (Å²) in [4.78, 5) is 0. The summed E-state index contributed by atoms with van der Waals surface area (Å²) < 4.78 is 12.0. The van der Waals surface area contributed by atoms with Crippen molar-refractivity contribution in [1.29, 1.82) is 0 Å².